The van der Waals surface area contributed by atoms with Crippen molar-refractivity contribution in [3.63, 3.8) is 0 Å². The van der Waals surface area contributed by atoms with Crippen LogP contribution in [0.1, 0.15) is 40.4 Å². The Labute approximate surface area is 127 Å². The van der Waals surface area contributed by atoms with Crippen molar-refractivity contribution in [2.24, 2.45) is 0 Å². The van der Waals surface area contributed by atoms with Gasteiger partial charge in [0.2, 0.25) is 5.91 Å². The molecule has 1 rings (SSSR count). The predicted molar refractivity (Wildman–Crippen MR) is 86.7 cm³/mol. The summed E-state index contributed by atoms with van der Waals surface area (Å²) >= 11 is 0. The van der Waals surface area contributed by atoms with E-state index in [1.807, 2.05) is 19.9 Å². The fourth-order valence-electron chi connectivity index (χ4n) is 1.80. The molecular formula is C15H27N5O. The third-order valence-electron chi connectivity index (χ3n) is 2.93. The number of carbonyl (C=O) groups excluding carboxylic acids is 1. The van der Waals surface area contributed by atoms with E-state index >= 15 is 0 Å². The number of nitrogens with zero attached hydrogens (tertiary/aromatic N) is 3. The smallest absolute Gasteiger partial charge is 0.244 e. The average molecular weight is 293 g/mol. The highest BCUT2D eigenvalue weighted by molar-refractivity contribution is 5.83. The maximum Gasteiger partial charge on any atom is 0.244 e. The van der Waals surface area contributed by atoms with E-state index in [4.69, 9.17) is 0 Å². The molecule has 1 heterocycles. The number of anilines is 2. The number of carbonyl (C=O) groups is 1. The van der Waals surface area contributed by atoms with E-state index in [1.54, 1.807) is 19.0 Å². The quantitative estimate of drug-likeness (QED) is 0.870. The first-order valence-electron chi connectivity index (χ1n) is 7.26. The van der Waals surface area contributed by atoms with Crippen LogP contribution in [0.5, 0.6) is 0 Å². The average Bonchev–Trinajstić information content (AvgIpc) is 2.36. The van der Waals surface area contributed by atoms with Gasteiger partial charge >= 0.3 is 0 Å². The topological polar surface area (TPSA) is 70.2 Å². The van der Waals surface area contributed by atoms with E-state index in [0.29, 0.717) is 5.82 Å². The molecule has 0 spiro atoms. The number of aromatic nitrogens is 2. The van der Waals surface area contributed by atoms with Crippen molar-refractivity contribution in [1.29, 1.82) is 0 Å². The molecule has 6 nitrogen and oxygen atoms in total. The summed E-state index contributed by atoms with van der Waals surface area (Å²) in [6.45, 7) is 10.8. The molecule has 0 aliphatic heterocycles. The van der Waals surface area contributed by atoms with Crippen LogP contribution in [0, 0.1) is 0 Å². The van der Waals surface area contributed by atoms with Crippen LogP contribution in [0.15, 0.2) is 6.07 Å². The highest BCUT2D eigenvalue weighted by Crippen LogP contribution is 2.22. The van der Waals surface area contributed by atoms with Crippen LogP contribution in [0.2, 0.25) is 0 Å². The van der Waals surface area contributed by atoms with Gasteiger partial charge < -0.3 is 15.5 Å². The molecular weight excluding hydrogens is 266 g/mol. The summed E-state index contributed by atoms with van der Waals surface area (Å²) in [6.07, 6.45) is 0. The molecule has 0 saturated carbocycles. The zero-order valence-electron chi connectivity index (χ0n) is 14.1. The Bertz CT molecular complexity index is 493. The summed E-state index contributed by atoms with van der Waals surface area (Å²) < 4.78 is 0. The maximum atomic E-state index is 11.9. The molecule has 0 saturated heterocycles. The van der Waals surface area contributed by atoms with E-state index in [9.17, 15) is 4.79 Å². The third-order valence-corrected chi connectivity index (χ3v) is 2.93. The van der Waals surface area contributed by atoms with E-state index in [0.717, 1.165) is 18.2 Å². The van der Waals surface area contributed by atoms with Gasteiger partial charge in [0, 0.05) is 32.1 Å². The van der Waals surface area contributed by atoms with Crippen molar-refractivity contribution >= 4 is 17.5 Å². The summed E-state index contributed by atoms with van der Waals surface area (Å²) in [5, 5.41) is 6.35. The highest BCUT2D eigenvalue weighted by atomic mass is 16.2. The largest absolute Gasteiger partial charge is 0.370 e. The van der Waals surface area contributed by atoms with Gasteiger partial charge in [0.05, 0.1) is 0 Å². The summed E-state index contributed by atoms with van der Waals surface area (Å²) in [4.78, 5) is 22.6. The van der Waals surface area contributed by atoms with E-state index in [-0.39, 0.29) is 17.4 Å². The normalized spacial score (nSPS) is 12.7. The number of hydrogen-bond donors (Lipinski definition) is 2. The van der Waals surface area contributed by atoms with Crippen LogP contribution in [-0.4, -0.2) is 47.5 Å². The van der Waals surface area contributed by atoms with Crippen molar-refractivity contribution < 1.29 is 4.79 Å². The van der Waals surface area contributed by atoms with E-state index in [2.05, 4.69) is 41.4 Å². The van der Waals surface area contributed by atoms with Crippen molar-refractivity contribution in [3.8, 4) is 0 Å². The fraction of sp³-hybridized carbons (Fsp3) is 0.667. The van der Waals surface area contributed by atoms with E-state index in [1.165, 1.54) is 0 Å². The first-order chi connectivity index (χ1) is 9.65. The minimum absolute atomic E-state index is 0.0101. The summed E-state index contributed by atoms with van der Waals surface area (Å²) in [7, 11) is 3.48. The Balaban J connectivity index is 3.06. The zero-order chi connectivity index (χ0) is 16.2. The van der Waals surface area contributed by atoms with Crippen molar-refractivity contribution in [1.82, 2.24) is 14.9 Å². The molecule has 0 bridgehead atoms. The van der Waals surface area contributed by atoms with Gasteiger partial charge in [0.25, 0.3) is 0 Å². The van der Waals surface area contributed by atoms with Gasteiger partial charge in [-0.2, -0.15) is 0 Å². The molecule has 0 aromatic carbocycles. The SMILES string of the molecule is CCNc1cc(NC(C)C(=O)N(C)C)nc(C(C)(C)C)n1. The van der Waals surface area contributed by atoms with Gasteiger partial charge in [-0.05, 0) is 13.8 Å². The summed E-state index contributed by atoms with van der Waals surface area (Å²) in [5.41, 5.74) is -0.156. The lowest BCUT2D eigenvalue weighted by Gasteiger charge is -2.22. The lowest BCUT2D eigenvalue weighted by atomic mass is 9.96. The number of nitrogens with one attached hydrogen (secondary N) is 2. The van der Waals surface area contributed by atoms with Crippen molar-refractivity contribution in [3.05, 3.63) is 11.9 Å². The van der Waals surface area contributed by atoms with Gasteiger partial charge in [-0.25, -0.2) is 9.97 Å². The second kappa shape index (κ2) is 6.74. The van der Waals surface area contributed by atoms with Crippen molar-refractivity contribution in [2.75, 3.05) is 31.3 Å². The Morgan fingerprint density at radius 3 is 2.33 bits per heavy atom. The van der Waals surface area contributed by atoms with Crippen LogP contribution in [-0.2, 0) is 10.2 Å². The maximum absolute atomic E-state index is 11.9. The second-order valence-corrected chi connectivity index (χ2v) is 6.34. The lowest BCUT2D eigenvalue weighted by Crippen LogP contribution is -2.37. The standard InChI is InChI=1S/C15H27N5O/c1-8-16-11-9-12(17-10(2)13(21)20(6)7)19-14(18-11)15(3,4)5/h9-10H,8H2,1-7H3,(H2,16,17,18,19). The number of rotatable bonds is 5. The molecule has 1 atom stereocenters. The van der Waals surface area contributed by atoms with Gasteiger partial charge in [-0.15, -0.1) is 0 Å². The number of hydrogen-bond acceptors (Lipinski definition) is 5. The molecule has 2 N–H and O–H groups in total. The molecule has 0 radical (unpaired) electrons. The molecule has 0 aliphatic rings. The molecule has 118 valence electrons. The second-order valence-electron chi connectivity index (χ2n) is 6.34. The Morgan fingerprint density at radius 2 is 1.86 bits per heavy atom. The summed E-state index contributed by atoms with van der Waals surface area (Å²) in [6, 6.07) is 1.50. The van der Waals surface area contributed by atoms with Crippen LogP contribution >= 0.6 is 0 Å². The Kier molecular flexibility index (Phi) is 5.52. The highest BCUT2D eigenvalue weighted by Gasteiger charge is 2.21. The fourth-order valence-corrected chi connectivity index (χ4v) is 1.80. The van der Waals surface area contributed by atoms with Crippen molar-refractivity contribution in [2.45, 2.75) is 46.1 Å². The molecule has 21 heavy (non-hydrogen) atoms. The minimum atomic E-state index is -0.336. The van der Waals surface area contributed by atoms with Crippen LogP contribution in [0.4, 0.5) is 11.6 Å². The Hall–Kier alpha value is -1.85. The van der Waals surface area contributed by atoms with Gasteiger partial charge in [-0.3, -0.25) is 4.79 Å². The third kappa shape index (κ3) is 4.88. The van der Waals surface area contributed by atoms with Crippen LogP contribution in [0.25, 0.3) is 0 Å². The van der Waals surface area contributed by atoms with Gasteiger partial charge in [-0.1, -0.05) is 20.8 Å². The summed E-state index contributed by atoms with van der Waals surface area (Å²) in [5.74, 6) is 2.18. The molecule has 1 aromatic heterocycles. The van der Waals surface area contributed by atoms with Gasteiger partial charge in [0.15, 0.2) is 0 Å². The molecule has 1 amide bonds. The predicted octanol–water partition coefficient (Wildman–Crippen LogP) is 2.09. The van der Waals surface area contributed by atoms with Crippen LogP contribution in [0.3, 0.4) is 0 Å². The van der Waals surface area contributed by atoms with Gasteiger partial charge in [0.1, 0.15) is 23.5 Å². The monoisotopic (exact) mass is 293 g/mol. The van der Waals surface area contributed by atoms with Crippen LogP contribution < -0.4 is 10.6 Å². The molecule has 1 unspecified atom stereocenters. The molecule has 1 aromatic rings. The number of likely N-dealkylation sites (N-methyl/N-ethyl adjacent to an activating group) is 1. The number of amides is 1. The first kappa shape index (κ1) is 17.2. The molecule has 0 fully saturated rings. The molecule has 0 aliphatic carbocycles. The zero-order valence-corrected chi connectivity index (χ0v) is 14.1. The first-order valence-corrected chi connectivity index (χ1v) is 7.26. The lowest BCUT2D eigenvalue weighted by molar-refractivity contribution is -0.129. The van der Waals surface area contributed by atoms with E-state index < -0.39 is 0 Å². The minimum Gasteiger partial charge on any atom is -0.370 e. The Morgan fingerprint density at radius 1 is 1.29 bits per heavy atom. The molecule has 6 heteroatoms.